The number of aromatic nitrogens is 1. The smallest absolute Gasteiger partial charge is 0.228 e. The minimum atomic E-state index is -0.301. The normalized spacial score (nSPS) is 12.6. The maximum absolute atomic E-state index is 13.4. The summed E-state index contributed by atoms with van der Waals surface area (Å²) in [5.41, 5.74) is 2.37. The molecular formula is C21H19FN2O3S. The number of nitrogens with zero attached hydrogens (tertiary/aromatic N) is 2. The summed E-state index contributed by atoms with van der Waals surface area (Å²) in [6.45, 7) is 1.55. The van der Waals surface area contributed by atoms with E-state index in [1.807, 2.05) is 29.6 Å². The van der Waals surface area contributed by atoms with Crippen LogP contribution in [0.2, 0.25) is 0 Å². The van der Waals surface area contributed by atoms with E-state index in [1.54, 1.807) is 18.0 Å². The van der Waals surface area contributed by atoms with Gasteiger partial charge in [0.15, 0.2) is 11.5 Å². The van der Waals surface area contributed by atoms with Gasteiger partial charge in [-0.1, -0.05) is 18.2 Å². The van der Waals surface area contributed by atoms with E-state index in [1.165, 1.54) is 23.5 Å². The van der Waals surface area contributed by atoms with E-state index in [0.717, 1.165) is 11.3 Å². The number of ether oxygens (including phenoxy) is 2. The van der Waals surface area contributed by atoms with Crippen molar-refractivity contribution in [1.29, 1.82) is 0 Å². The molecule has 1 aromatic heterocycles. The Morgan fingerprint density at radius 2 is 2.00 bits per heavy atom. The number of halogens is 1. The highest BCUT2D eigenvalue weighted by molar-refractivity contribution is 7.13. The van der Waals surface area contributed by atoms with Crippen LogP contribution in [-0.2, 0) is 17.8 Å². The van der Waals surface area contributed by atoms with Gasteiger partial charge in [0, 0.05) is 24.5 Å². The summed E-state index contributed by atoms with van der Waals surface area (Å²) >= 11 is 1.41. The number of hydrogen-bond acceptors (Lipinski definition) is 5. The summed E-state index contributed by atoms with van der Waals surface area (Å²) in [4.78, 5) is 18.7. The molecule has 0 saturated carbocycles. The molecule has 28 heavy (non-hydrogen) atoms. The predicted octanol–water partition coefficient (Wildman–Crippen LogP) is 3.92. The quantitative estimate of drug-likeness (QED) is 0.654. The Bertz CT molecular complexity index is 1000. The average molecular weight is 398 g/mol. The summed E-state index contributed by atoms with van der Waals surface area (Å²) in [6, 6.07) is 12.0. The SMILES string of the molecule is CN(Cc1ccc2c(c1)OCCO2)C(=O)Cc1csc(-c2cccc(F)c2)n1. The zero-order chi connectivity index (χ0) is 19.5. The summed E-state index contributed by atoms with van der Waals surface area (Å²) in [6.07, 6.45) is 0.201. The molecule has 5 nitrogen and oxygen atoms in total. The highest BCUT2D eigenvalue weighted by atomic mass is 32.1. The average Bonchev–Trinajstić information content (AvgIpc) is 3.16. The topological polar surface area (TPSA) is 51.7 Å². The van der Waals surface area contributed by atoms with Crippen LogP contribution in [0.3, 0.4) is 0 Å². The molecule has 0 N–H and O–H groups in total. The largest absolute Gasteiger partial charge is 0.486 e. The third-order valence-electron chi connectivity index (χ3n) is 4.41. The van der Waals surface area contributed by atoms with Crippen molar-refractivity contribution in [3.05, 3.63) is 64.9 Å². The fraction of sp³-hybridized carbons (Fsp3) is 0.238. The summed E-state index contributed by atoms with van der Waals surface area (Å²) in [5, 5.41) is 2.55. The van der Waals surface area contributed by atoms with Gasteiger partial charge < -0.3 is 14.4 Å². The Kier molecular flexibility index (Phi) is 5.25. The van der Waals surface area contributed by atoms with Gasteiger partial charge in [0.2, 0.25) is 5.91 Å². The van der Waals surface area contributed by atoms with E-state index in [-0.39, 0.29) is 18.1 Å². The van der Waals surface area contributed by atoms with Crippen LogP contribution in [0.1, 0.15) is 11.3 Å². The first kappa shape index (κ1) is 18.4. The summed E-state index contributed by atoms with van der Waals surface area (Å²) < 4.78 is 24.5. The molecule has 2 heterocycles. The fourth-order valence-corrected chi connectivity index (χ4v) is 3.80. The van der Waals surface area contributed by atoms with Gasteiger partial charge in [-0.3, -0.25) is 4.79 Å². The van der Waals surface area contributed by atoms with E-state index in [9.17, 15) is 9.18 Å². The Morgan fingerprint density at radius 3 is 2.82 bits per heavy atom. The van der Waals surface area contributed by atoms with Crippen LogP contribution in [0.15, 0.2) is 47.8 Å². The van der Waals surface area contributed by atoms with E-state index < -0.39 is 0 Å². The van der Waals surface area contributed by atoms with Crippen molar-refractivity contribution in [3.63, 3.8) is 0 Å². The van der Waals surface area contributed by atoms with Gasteiger partial charge >= 0.3 is 0 Å². The van der Waals surface area contributed by atoms with Crippen molar-refractivity contribution in [2.75, 3.05) is 20.3 Å². The van der Waals surface area contributed by atoms with Crippen molar-refractivity contribution in [1.82, 2.24) is 9.88 Å². The van der Waals surface area contributed by atoms with Crippen LogP contribution in [0.25, 0.3) is 10.6 Å². The second-order valence-corrected chi connectivity index (χ2v) is 7.42. The number of likely N-dealkylation sites (N-methyl/N-ethyl adjacent to an activating group) is 1. The number of hydrogen-bond donors (Lipinski definition) is 0. The van der Waals surface area contributed by atoms with Crippen molar-refractivity contribution in [3.8, 4) is 22.1 Å². The van der Waals surface area contributed by atoms with Gasteiger partial charge in [-0.05, 0) is 29.8 Å². The Hall–Kier alpha value is -2.93. The molecule has 0 unspecified atom stereocenters. The number of thiazole rings is 1. The van der Waals surface area contributed by atoms with Crippen molar-refractivity contribution >= 4 is 17.2 Å². The number of fused-ring (bicyclic) bond motifs is 1. The van der Waals surface area contributed by atoms with Gasteiger partial charge in [-0.25, -0.2) is 9.37 Å². The van der Waals surface area contributed by atoms with Crippen molar-refractivity contribution in [2.24, 2.45) is 0 Å². The van der Waals surface area contributed by atoms with Crippen LogP contribution in [-0.4, -0.2) is 36.1 Å². The summed E-state index contributed by atoms with van der Waals surface area (Å²) in [5.74, 6) is 1.11. The maximum atomic E-state index is 13.4. The third kappa shape index (κ3) is 4.14. The first-order chi connectivity index (χ1) is 13.6. The van der Waals surface area contributed by atoms with E-state index >= 15 is 0 Å². The van der Waals surface area contributed by atoms with Gasteiger partial charge in [-0.2, -0.15) is 0 Å². The molecule has 0 bridgehead atoms. The molecule has 144 valence electrons. The molecular weight excluding hydrogens is 379 g/mol. The fourth-order valence-electron chi connectivity index (χ4n) is 2.98. The van der Waals surface area contributed by atoms with E-state index in [0.29, 0.717) is 41.8 Å². The minimum Gasteiger partial charge on any atom is -0.486 e. The highest BCUT2D eigenvalue weighted by Crippen LogP contribution is 2.31. The first-order valence-electron chi connectivity index (χ1n) is 8.91. The molecule has 0 saturated heterocycles. The molecule has 7 heteroatoms. The van der Waals surface area contributed by atoms with Crippen LogP contribution < -0.4 is 9.47 Å². The molecule has 2 aromatic carbocycles. The summed E-state index contributed by atoms with van der Waals surface area (Å²) in [7, 11) is 1.76. The van der Waals surface area contributed by atoms with Gasteiger partial charge in [-0.15, -0.1) is 11.3 Å². The Balaban J connectivity index is 1.40. The van der Waals surface area contributed by atoms with Gasteiger partial charge in [0.1, 0.15) is 24.0 Å². The third-order valence-corrected chi connectivity index (χ3v) is 5.35. The monoisotopic (exact) mass is 398 g/mol. The predicted molar refractivity (Wildman–Crippen MR) is 105 cm³/mol. The molecule has 0 spiro atoms. The number of amides is 1. The van der Waals surface area contributed by atoms with Crippen LogP contribution in [0, 0.1) is 5.82 Å². The number of rotatable bonds is 5. The lowest BCUT2D eigenvalue weighted by atomic mass is 10.1. The molecule has 0 atom stereocenters. The van der Waals surface area contributed by atoms with Gasteiger partial charge in [0.25, 0.3) is 0 Å². The van der Waals surface area contributed by atoms with E-state index in [4.69, 9.17) is 9.47 Å². The second-order valence-electron chi connectivity index (χ2n) is 6.56. The standard InChI is InChI=1S/C21H19FN2O3S/c1-24(12-14-5-6-18-19(9-14)27-8-7-26-18)20(25)11-17-13-28-21(23-17)15-3-2-4-16(22)10-15/h2-6,9-10,13H,7-8,11-12H2,1H3. The Morgan fingerprint density at radius 1 is 1.18 bits per heavy atom. The lowest BCUT2D eigenvalue weighted by Gasteiger charge is -2.21. The molecule has 3 aromatic rings. The first-order valence-corrected chi connectivity index (χ1v) is 9.79. The van der Waals surface area contributed by atoms with Crippen LogP contribution in [0.4, 0.5) is 4.39 Å². The lowest BCUT2D eigenvalue weighted by molar-refractivity contribution is -0.129. The molecule has 1 aliphatic rings. The second kappa shape index (κ2) is 7.98. The molecule has 0 radical (unpaired) electrons. The zero-order valence-corrected chi connectivity index (χ0v) is 16.2. The van der Waals surface area contributed by atoms with Crippen molar-refractivity contribution < 1.29 is 18.7 Å². The number of carbonyl (C=O) groups is 1. The van der Waals surface area contributed by atoms with Crippen molar-refractivity contribution in [2.45, 2.75) is 13.0 Å². The van der Waals surface area contributed by atoms with Crippen LogP contribution >= 0.6 is 11.3 Å². The molecule has 0 fully saturated rings. The molecule has 1 aliphatic heterocycles. The van der Waals surface area contributed by atoms with Gasteiger partial charge in [0.05, 0.1) is 12.1 Å². The Labute approximate surface area is 166 Å². The van der Waals surface area contributed by atoms with Crippen LogP contribution in [0.5, 0.6) is 11.5 Å². The highest BCUT2D eigenvalue weighted by Gasteiger charge is 2.16. The zero-order valence-electron chi connectivity index (χ0n) is 15.4. The van der Waals surface area contributed by atoms with E-state index in [2.05, 4.69) is 4.98 Å². The lowest BCUT2D eigenvalue weighted by Crippen LogP contribution is -2.28. The molecule has 4 rings (SSSR count). The molecule has 1 amide bonds. The minimum absolute atomic E-state index is 0.0361. The number of benzene rings is 2. The maximum Gasteiger partial charge on any atom is 0.228 e. The molecule has 0 aliphatic carbocycles. The number of carbonyl (C=O) groups excluding carboxylic acids is 1.